The van der Waals surface area contributed by atoms with Gasteiger partial charge in [-0.3, -0.25) is 9.59 Å². The Kier molecular flexibility index (Phi) is 5.35. The SMILES string of the molecule is COC(=O)CCn1c(=NC(=O)[C@H]2COc3ccccc3O2)sc2cc(C)ccc21. The number of esters is 1. The number of nitrogens with zero attached hydrogens (tertiary/aromatic N) is 2. The molecule has 1 amide bonds. The van der Waals surface area contributed by atoms with Gasteiger partial charge in [0.25, 0.3) is 5.91 Å². The molecule has 0 bridgehead atoms. The van der Waals surface area contributed by atoms with E-state index < -0.39 is 12.0 Å². The highest BCUT2D eigenvalue weighted by Gasteiger charge is 2.27. The van der Waals surface area contributed by atoms with Crippen LogP contribution < -0.4 is 14.3 Å². The molecule has 4 rings (SSSR count). The normalized spacial score (nSPS) is 16.1. The first-order valence-corrected chi connectivity index (χ1v) is 10.0. The second-order valence-electron chi connectivity index (χ2n) is 6.65. The van der Waals surface area contributed by atoms with Gasteiger partial charge >= 0.3 is 5.97 Å². The van der Waals surface area contributed by atoms with Gasteiger partial charge in [0.15, 0.2) is 16.3 Å². The number of aromatic nitrogens is 1. The number of benzene rings is 2. The van der Waals surface area contributed by atoms with Crippen molar-refractivity contribution in [3.05, 3.63) is 52.8 Å². The maximum Gasteiger partial charge on any atom is 0.307 e. The van der Waals surface area contributed by atoms with Crippen LogP contribution in [0.4, 0.5) is 0 Å². The molecule has 2 heterocycles. The molecule has 0 unspecified atom stereocenters. The number of methoxy groups -OCH3 is 1. The Bertz CT molecular complexity index is 1150. The van der Waals surface area contributed by atoms with Crippen LogP contribution >= 0.6 is 11.3 Å². The van der Waals surface area contributed by atoms with Crippen molar-refractivity contribution in [3.8, 4) is 11.5 Å². The number of thiazole rings is 1. The number of hydrogen-bond acceptors (Lipinski definition) is 6. The van der Waals surface area contributed by atoms with Crippen LogP contribution in [0.25, 0.3) is 10.2 Å². The zero-order chi connectivity index (χ0) is 20.4. The summed E-state index contributed by atoms with van der Waals surface area (Å²) in [5.41, 5.74) is 2.03. The molecule has 0 saturated heterocycles. The van der Waals surface area contributed by atoms with Gasteiger partial charge in [-0.15, -0.1) is 0 Å². The second-order valence-corrected chi connectivity index (χ2v) is 7.66. The summed E-state index contributed by atoms with van der Waals surface area (Å²) in [6.07, 6.45) is -0.625. The van der Waals surface area contributed by atoms with E-state index >= 15 is 0 Å². The minimum Gasteiger partial charge on any atom is -0.485 e. The van der Waals surface area contributed by atoms with Gasteiger partial charge in [0.05, 0.1) is 23.7 Å². The average molecular weight is 412 g/mol. The molecule has 3 aromatic rings. The number of para-hydroxylation sites is 2. The zero-order valence-electron chi connectivity index (χ0n) is 16.1. The van der Waals surface area contributed by atoms with Crippen molar-refractivity contribution in [2.45, 2.75) is 26.0 Å². The van der Waals surface area contributed by atoms with Crippen LogP contribution in [-0.4, -0.2) is 36.3 Å². The minimum absolute atomic E-state index is 0.103. The fourth-order valence-corrected chi connectivity index (χ4v) is 4.25. The molecule has 29 heavy (non-hydrogen) atoms. The Morgan fingerprint density at radius 1 is 1.24 bits per heavy atom. The lowest BCUT2D eigenvalue weighted by molar-refractivity contribution is -0.140. The van der Waals surface area contributed by atoms with Crippen LogP contribution in [0.15, 0.2) is 47.5 Å². The van der Waals surface area contributed by atoms with Crippen molar-refractivity contribution >= 4 is 33.4 Å². The Morgan fingerprint density at radius 3 is 2.83 bits per heavy atom. The van der Waals surface area contributed by atoms with Crippen LogP contribution in [0.5, 0.6) is 11.5 Å². The molecule has 0 saturated carbocycles. The molecule has 1 aromatic heterocycles. The number of ether oxygens (including phenoxy) is 3. The second kappa shape index (κ2) is 8.08. The van der Waals surface area contributed by atoms with E-state index in [-0.39, 0.29) is 19.0 Å². The van der Waals surface area contributed by atoms with Gasteiger partial charge in [0.1, 0.15) is 6.61 Å². The van der Waals surface area contributed by atoms with Gasteiger partial charge in [-0.25, -0.2) is 0 Å². The Balaban J connectivity index is 1.67. The van der Waals surface area contributed by atoms with Crippen molar-refractivity contribution in [3.63, 3.8) is 0 Å². The number of carbonyl (C=O) groups excluding carboxylic acids is 2. The van der Waals surface area contributed by atoms with Crippen LogP contribution in [0.2, 0.25) is 0 Å². The summed E-state index contributed by atoms with van der Waals surface area (Å²) in [5.74, 6) is 0.399. The molecule has 7 nitrogen and oxygen atoms in total. The predicted octanol–water partition coefficient (Wildman–Crippen LogP) is 2.84. The first-order valence-electron chi connectivity index (χ1n) is 9.19. The quantitative estimate of drug-likeness (QED) is 0.616. The van der Waals surface area contributed by atoms with Crippen LogP contribution in [0.1, 0.15) is 12.0 Å². The van der Waals surface area contributed by atoms with Gasteiger partial charge in [-0.2, -0.15) is 4.99 Å². The molecule has 8 heteroatoms. The van der Waals surface area contributed by atoms with E-state index in [2.05, 4.69) is 4.99 Å². The summed E-state index contributed by atoms with van der Waals surface area (Å²) < 4.78 is 19.0. The first-order chi connectivity index (χ1) is 14.0. The zero-order valence-corrected chi connectivity index (χ0v) is 16.9. The standard InChI is InChI=1S/C21H20N2O5S/c1-13-7-8-14-18(11-13)29-21(23(14)10-9-19(24)26-2)22-20(25)17-12-27-15-5-3-4-6-16(15)28-17/h3-8,11,17H,9-10,12H2,1-2H3/t17-/m1/s1. The third-order valence-electron chi connectivity index (χ3n) is 4.60. The maximum atomic E-state index is 12.8. The Hall–Kier alpha value is -3.13. The van der Waals surface area contributed by atoms with Crippen molar-refractivity contribution in [2.75, 3.05) is 13.7 Å². The monoisotopic (exact) mass is 412 g/mol. The molecular formula is C21H20N2O5S. The number of carbonyl (C=O) groups is 2. The highest BCUT2D eigenvalue weighted by Crippen LogP contribution is 2.31. The Morgan fingerprint density at radius 2 is 2.03 bits per heavy atom. The van der Waals surface area contributed by atoms with Crippen molar-refractivity contribution in [1.29, 1.82) is 0 Å². The molecule has 150 valence electrons. The molecule has 0 radical (unpaired) electrons. The summed E-state index contributed by atoms with van der Waals surface area (Å²) >= 11 is 1.40. The summed E-state index contributed by atoms with van der Waals surface area (Å²) in [5, 5.41) is 0. The smallest absolute Gasteiger partial charge is 0.307 e. The topological polar surface area (TPSA) is 79.1 Å². The van der Waals surface area contributed by atoms with Gasteiger partial charge in [0.2, 0.25) is 6.10 Å². The van der Waals surface area contributed by atoms with Crippen molar-refractivity contribution in [1.82, 2.24) is 4.57 Å². The lowest BCUT2D eigenvalue weighted by Gasteiger charge is -2.23. The molecule has 0 spiro atoms. The van der Waals surface area contributed by atoms with Crippen molar-refractivity contribution < 1.29 is 23.8 Å². The molecule has 1 aliphatic rings. The lowest BCUT2D eigenvalue weighted by Crippen LogP contribution is -2.36. The fraction of sp³-hybridized carbons (Fsp3) is 0.286. The fourth-order valence-electron chi connectivity index (χ4n) is 3.09. The van der Waals surface area contributed by atoms with E-state index in [0.717, 1.165) is 15.8 Å². The van der Waals surface area contributed by atoms with Gasteiger partial charge in [-0.1, -0.05) is 29.5 Å². The van der Waals surface area contributed by atoms with Gasteiger partial charge in [0, 0.05) is 6.54 Å². The number of aryl methyl sites for hydroxylation is 2. The van der Waals surface area contributed by atoms with E-state index in [4.69, 9.17) is 14.2 Å². The molecule has 0 aliphatic carbocycles. The summed E-state index contributed by atoms with van der Waals surface area (Å²) in [7, 11) is 1.36. The number of rotatable bonds is 4. The first kappa shape index (κ1) is 19.2. The highest BCUT2D eigenvalue weighted by molar-refractivity contribution is 7.16. The largest absolute Gasteiger partial charge is 0.485 e. The third kappa shape index (κ3) is 4.02. The minimum atomic E-state index is -0.814. The van der Waals surface area contributed by atoms with E-state index in [1.807, 2.05) is 41.8 Å². The number of fused-ring (bicyclic) bond motifs is 2. The molecule has 2 aromatic carbocycles. The molecule has 0 N–H and O–H groups in total. The lowest BCUT2D eigenvalue weighted by atomic mass is 10.2. The van der Waals surface area contributed by atoms with Crippen LogP contribution in [0, 0.1) is 6.92 Å². The summed E-state index contributed by atoms with van der Waals surface area (Å²) in [4.78, 5) is 29.3. The Labute approximate surface area is 171 Å². The third-order valence-corrected chi connectivity index (χ3v) is 5.64. The maximum absolute atomic E-state index is 12.8. The number of amides is 1. The van der Waals surface area contributed by atoms with E-state index in [9.17, 15) is 9.59 Å². The van der Waals surface area contributed by atoms with Gasteiger partial charge in [-0.05, 0) is 36.8 Å². The summed E-state index contributed by atoms with van der Waals surface area (Å²) in [6.45, 7) is 2.47. The summed E-state index contributed by atoms with van der Waals surface area (Å²) in [6, 6.07) is 13.2. The van der Waals surface area contributed by atoms with E-state index in [1.54, 1.807) is 12.1 Å². The molecular weight excluding hydrogens is 392 g/mol. The molecule has 1 atom stereocenters. The van der Waals surface area contributed by atoms with Gasteiger partial charge < -0.3 is 18.8 Å². The number of hydrogen-bond donors (Lipinski definition) is 0. The van der Waals surface area contributed by atoms with E-state index in [1.165, 1.54) is 18.4 Å². The molecule has 1 aliphatic heterocycles. The molecule has 0 fully saturated rings. The average Bonchev–Trinajstić information content (AvgIpc) is 3.07. The van der Waals surface area contributed by atoms with Crippen molar-refractivity contribution in [2.24, 2.45) is 4.99 Å². The van der Waals surface area contributed by atoms with Crippen LogP contribution in [-0.2, 0) is 20.9 Å². The highest BCUT2D eigenvalue weighted by atomic mass is 32.1. The van der Waals surface area contributed by atoms with Crippen LogP contribution in [0.3, 0.4) is 0 Å². The van der Waals surface area contributed by atoms with E-state index in [0.29, 0.717) is 22.8 Å². The predicted molar refractivity (Wildman–Crippen MR) is 108 cm³/mol.